The van der Waals surface area contributed by atoms with Crippen LogP contribution in [0.1, 0.15) is 22.9 Å². The zero-order valence-electron chi connectivity index (χ0n) is 17.8. The van der Waals surface area contributed by atoms with Gasteiger partial charge in [0.15, 0.2) is 6.10 Å². The van der Waals surface area contributed by atoms with E-state index in [-0.39, 0.29) is 17.7 Å². The maximum atomic E-state index is 13.8. The van der Waals surface area contributed by atoms with Crippen molar-refractivity contribution in [2.75, 3.05) is 7.11 Å². The Morgan fingerprint density at radius 2 is 1.56 bits per heavy atom. The van der Waals surface area contributed by atoms with Crippen molar-refractivity contribution in [3.63, 3.8) is 0 Å². The minimum atomic E-state index is -5.00. The Balaban J connectivity index is 1.98. The number of aliphatic hydroxyl groups excluding tert-OH is 1. The highest BCUT2D eigenvalue weighted by Gasteiger charge is 2.43. The Morgan fingerprint density at radius 3 is 2.18 bits per heavy atom. The highest BCUT2D eigenvalue weighted by atomic mass is 19.4. The van der Waals surface area contributed by atoms with E-state index in [0.717, 1.165) is 12.1 Å². The highest BCUT2D eigenvalue weighted by Crippen LogP contribution is 2.44. The molecule has 0 saturated heterocycles. The van der Waals surface area contributed by atoms with Crippen LogP contribution in [0.3, 0.4) is 0 Å². The van der Waals surface area contributed by atoms with Gasteiger partial charge in [0.25, 0.3) is 0 Å². The zero-order valence-corrected chi connectivity index (χ0v) is 17.8. The van der Waals surface area contributed by atoms with Crippen LogP contribution in [0.15, 0.2) is 72.8 Å². The first-order valence-corrected chi connectivity index (χ1v) is 10.2. The number of benzene rings is 3. The minimum Gasteiger partial charge on any atom is -0.497 e. The van der Waals surface area contributed by atoms with Gasteiger partial charge in [-0.2, -0.15) is 26.3 Å². The Bertz CT molecular complexity index is 1310. The number of fused-ring (bicyclic) bond motifs is 1. The Kier molecular flexibility index (Phi) is 6.07. The second-order valence-corrected chi connectivity index (χ2v) is 7.73. The molecule has 4 rings (SSSR count). The second kappa shape index (κ2) is 8.72. The van der Waals surface area contributed by atoms with E-state index >= 15 is 0 Å². The van der Waals surface area contributed by atoms with Crippen molar-refractivity contribution in [3.8, 4) is 16.9 Å². The summed E-state index contributed by atoms with van der Waals surface area (Å²) in [6, 6.07) is 17.2. The van der Waals surface area contributed by atoms with E-state index in [1.54, 1.807) is 48.5 Å². The zero-order chi connectivity index (χ0) is 24.7. The minimum absolute atomic E-state index is 0.146. The third-order valence-corrected chi connectivity index (χ3v) is 5.55. The smallest absolute Gasteiger partial charge is 0.420 e. The Morgan fingerprint density at radius 1 is 0.882 bits per heavy atom. The molecule has 0 fully saturated rings. The standard InChI is InChI=1S/C25H19F6NO2/c1-34-18-11-9-16(10-12-18)21-19-7-2-3-8-20(19)32(22(21)23(33)25(29,30)31)14-15-5-4-6-17(13-15)24(26,27)28/h2-13,23,33H,14H2,1H3. The maximum absolute atomic E-state index is 13.8. The molecule has 0 saturated carbocycles. The number of rotatable bonds is 5. The fourth-order valence-electron chi connectivity index (χ4n) is 4.02. The molecule has 0 radical (unpaired) electrons. The molecule has 1 heterocycles. The summed E-state index contributed by atoms with van der Waals surface area (Å²) in [7, 11) is 1.45. The van der Waals surface area contributed by atoms with Gasteiger partial charge < -0.3 is 14.4 Å². The molecule has 3 aromatic carbocycles. The van der Waals surface area contributed by atoms with Crippen LogP contribution in [0, 0.1) is 0 Å². The van der Waals surface area contributed by atoms with Crippen molar-refractivity contribution >= 4 is 10.9 Å². The average Bonchev–Trinajstić information content (AvgIpc) is 3.11. The summed E-state index contributed by atoms with van der Waals surface area (Å²) in [5.74, 6) is 0.495. The number of aliphatic hydroxyl groups is 1. The molecule has 178 valence electrons. The van der Waals surface area contributed by atoms with Crippen LogP contribution in [0.5, 0.6) is 5.75 Å². The van der Waals surface area contributed by atoms with Gasteiger partial charge in [-0.25, -0.2) is 0 Å². The maximum Gasteiger partial charge on any atom is 0.420 e. The van der Waals surface area contributed by atoms with Gasteiger partial charge in [0.2, 0.25) is 0 Å². The van der Waals surface area contributed by atoms with Crippen LogP contribution in [0.25, 0.3) is 22.0 Å². The second-order valence-electron chi connectivity index (χ2n) is 7.73. The van der Waals surface area contributed by atoms with E-state index in [1.807, 2.05) is 0 Å². The number of aromatic nitrogens is 1. The first kappa shape index (κ1) is 23.7. The Labute approximate surface area is 190 Å². The molecule has 0 aliphatic carbocycles. The first-order chi connectivity index (χ1) is 16.0. The van der Waals surface area contributed by atoms with Crippen molar-refractivity contribution in [1.29, 1.82) is 0 Å². The molecule has 9 heteroatoms. The number of nitrogens with zero attached hydrogens (tertiary/aromatic N) is 1. The molecule has 0 aliphatic rings. The van der Waals surface area contributed by atoms with Gasteiger partial charge in [0.1, 0.15) is 5.75 Å². The molecule has 1 unspecified atom stereocenters. The van der Waals surface area contributed by atoms with E-state index in [4.69, 9.17) is 4.74 Å². The lowest BCUT2D eigenvalue weighted by atomic mass is 9.99. The van der Waals surface area contributed by atoms with Gasteiger partial charge in [-0.15, -0.1) is 0 Å². The molecule has 1 aromatic heterocycles. The lowest BCUT2D eigenvalue weighted by Crippen LogP contribution is -2.24. The molecule has 0 amide bonds. The van der Waals surface area contributed by atoms with E-state index < -0.39 is 29.7 Å². The molecule has 1 N–H and O–H groups in total. The summed E-state index contributed by atoms with van der Waals surface area (Å²) in [5, 5.41) is 10.8. The summed E-state index contributed by atoms with van der Waals surface area (Å²) in [5.41, 5.74) is -0.310. The van der Waals surface area contributed by atoms with Gasteiger partial charge in [-0.1, -0.05) is 42.5 Å². The number of halogens is 6. The van der Waals surface area contributed by atoms with Gasteiger partial charge in [0.05, 0.1) is 18.4 Å². The summed E-state index contributed by atoms with van der Waals surface area (Å²) in [4.78, 5) is 0. The lowest BCUT2D eigenvalue weighted by Gasteiger charge is -2.20. The van der Waals surface area contributed by atoms with Crippen molar-refractivity contribution < 1.29 is 36.2 Å². The predicted molar refractivity (Wildman–Crippen MR) is 115 cm³/mol. The average molecular weight is 479 g/mol. The van der Waals surface area contributed by atoms with E-state index in [2.05, 4.69) is 0 Å². The molecular weight excluding hydrogens is 460 g/mol. The van der Waals surface area contributed by atoms with Gasteiger partial charge in [0, 0.05) is 23.0 Å². The summed E-state index contributed by atoms with van der Waals surface area (Å²) in [6.07, 6.45) is -12.5. The topological polar surface area (TPSA) is 34.4 Å². The fraction of sp³-hybridized carbons (Fsp3) is 0.200. The van der Waals surface area contributed by atoms with E-state index in [9.17, 15) is 31.4 Å². The third kappa shape index (κ3) is 4.48. The van der Waals surface area contributed by atoms with Gasteiger partial charge >= 0.3 is 12.4 Å². The fourth-order valence-corrected chi connectivity index (χ4v) is 4.02. The van der Waals surface area contributed by atoms with Crippen molar-refractivity contribution in [1.82, 2.24) is 4.57 Å². The van der Waals surface area contributed by atoms with E-state index in [1.165, 1.54) is 23.8 Å². The molecule has 0 aliphatic heterocycles. The summed E-state index contributed by atoms with van der Waals surface area (Å²) >= 11 is 0. The summed E-state index contributed by atoms with van der Waals surface area (Å²) < 4.78 is 87.3. The van der Waals surface area contributed by atoms with Gasteiger partial charge in [-0.05, 0) is 41.5 Å². The number of hydrogen-bond donors (Lipinski definition) is 1. The SMILES string of the molecule is COc1ccc(-c2c(C(O)C(F)(F)F)n(Cc3cccc(C(F)(F)F)c3)c3ccccc23)cc1. The van der Waals surface area contributed by atoms with Crippen LogP contribution in [-0.2, 0) is 12.7 Å². The molecule has 1 atom stereocenters. The number of ether oxygens (including phenoxy) is 1. The highest BCUT2D eigenvalue weighted by molar-refractivity contribution is 5.98. The largest absolute Gasteiger partial charge is 0.497 e. The number of alkyl halides is 6. The van der Waals surface area contributed by atoms with Crippen LogP contribution in [-0.4, -0.2) is 23.0 Å². The molecule has 3 nitrogen and oxygen atoms in total. The monoisotopic (exact) mass is 479 g/mol. The van der Waals surface area contributed by atoms with E-state index in [0.29, 0.717) is 22.2 Å². The summed E-state index contributed by atoms with van der Waals surface area (Å²) in [6.45, 7) is -0.303. The van der Waals surface area contributed by atoms with Crippen LogP contribution < -0.4 is 4.74 Å². The van der Waals surface area contributed by atoms with Crippen LogP contribution in [0.4, 0.5) is 26.3 Å². The molecule has 34 heavy (non-hydrogen) atoms. The normalized spacial score (nSPS) is 13.3. The number of hydrogen-bond acceptors (Lipinski definition) is 2. The quantitative estimate of drug-likeness (QED) is 0.314. The van der Waals surface area contributed by atoms with Crippen molar-refractivity contribution in [3.05, 3.63) is 89.6 Å². The molecule has 0 bridgehead atoms. The Hall–Kier alpha value is -3.46. The third-order valence-electron chi connectivity index (χ3n) is 5.55. The molecule has 4 aromatic rings. The lowest BCUT2D eigenvalue weighted by molar-refractivity contribution is -0.208. The molecular formula is C25H19F6NO2. The first-order valence-electron chi connectivity index (χ1n) is 10.2. The van der Waals surface area contributed by atoms with Crippen LogP contribution >= 0.6 is 0 Å². The van der Waals surface area contributed by atoms with Crippen molar-refractivity contribution in [2.45, 2.75) is 25.0 Å². The number of methoxy groups -OCH3 is 1. The van der Waals surface area contributed by atoms with Crippen molar-refractivity contribution in [2.24, 2.45) is 0 Å². The number of para-hydroxylation sites is 1. The van der Waals surface area contributed by atoms with Crippen LogP contribution in [0.2, 0.25) is 0 Å². The predicted octanol–water partition coefficient (Wildman–Crippen LogP) is 6.98. The molecule has 0 spiro atoms. The van der Waals surface area contributed by atoms with Gasteiger partial charge in [-0.3, -0.25) is 0 Å².